The van der Waals surface area contributed by atoms with Gasteiger partial charge >= 0.3 is 5.97 Å². The largest absolute Gasteiger partial charge is 0.478 e. The Bertz CT molecular complexity index is 714. The van der Waals surface area contributed by atoms with Crippen molar-refractivity contribution in [3.8, 4) is 0 Å². The smallest absolute Gasteiger partial charge is 0.337 e. The van der Waals surface area contributed by atoms with Crippen LogP contribution < -0.4 is 5.32 Å². The van der Waals surface area contributed by atoms with Crippen molar-refractivity contribution in [2.45, 2.75) is 51.4 Å². The molecule has 0 aliphatic heterocycles. The lowest BCUT2D eigenvalue weighted by Crippen LogP contribution is -2.32. The lowest BCUT2D eigenvalue weighted by atomic mass is 9.69. The van der Waals surface area contributed by atoms with Crippen molar-refractivity contribution in [2.24, 2.45) is 0 Å². The third kappa shape index (κ3) is 2.95. The normalized spacial score (nSPS) is 18.3. The average Bonchev–Trinajstić information content (AvgIpc) is 2.91. The van der Waals surface area contributed by atoms with E-state index in [4.69, 9.17) is 10.1 Å². The maximum absolute atomic E-state index is 10.9. The van der Waals surface area contributed by atoms with E-state index in [9.17, 15) is 4.79 Å². The van der Waals surface area contributed by atoms with E-state index in [1.807, 2.05) is 0 Å². The van der Waals surface area contributed by atoms with Crippen LogP contribution in [0.4, 0.5) is 10.9 Å². The summed E-state index contributed by atoms with van der Waals surface area (Å²) in [7, 11) is 0. The van der Waals surface area contributed by atoms with Gasteiger partial charge in [-0.1, -0.05) is 27.7 Å². The number of nitrogens with zero attached hydrogens (tertiary/aromatic N) is 2. The topological polar surface area (TPSA) is 75.1 Å². The molecule has 3 rings (SSSR count). The quantitative estimate of drug-likeness (QED) is 0.875. The SMILES string of the molecule is CC1(C)CCC(C)(C)c2sc(Nc3ccc(C(=O)O)cn3)nc21. The van der Waals surface area contributed by atoms with Crippen molar-refractivity contribution in [1.29, 1.82) is 0 Å². The molecule has 1 aliphatic carbocycles. The predicted octanol–water partition coefficient (Wildman–Crippen LogP) is 4.33. The van der Waals surface area contributed by atoms with Gasteiger partial charge in [-0.15, -0.1) is 11.3 Å². The van der Waals surface area contributed by atoms with Crippen LogP contribution in [0.15, 0.2) is 18.3 Å². The van der Waals surface area contributed by atoms with Gasteiger partial charge in [0.15, 0.2) is 5.13 Å². The maximum Gasteiger partial charge on any atom is 0.337 e. The monoisotopic (exact) mass is 331 g/mol. The molecule has 0 unspecified atom stereocenters. The van der Waals surface area contributed by atoms with Gasteiger partial charge in [-0.05, 0) is 25.0 Å². The molecule has 2 aromatic heterocycles. The summed E-state index contributed by atoms with van der Waals surface area (Å²) in [5.74, 6) is -0.367. The first-order chi connectivity index (χ1) is 10.7. The first-order valence-electron chi connectivity index (χ1n) is 7.67. The fourth-order valence-corrected chi connectivity index (χ4v) is 4.13. The van der Waals surface area contributed by atoms with Crippen LogP contribution >= 0.6 is 11.3 Å². The number of aromatic carboxylic acids is 1. The minimum atomic E-state index is -0.975. The van der Waals surface area contributed by atoms with E-state index in [1.54, 1.807) is 23.5 Å². The van der Waals surface area contributed by atoms with Gasteiger partial charge in [0, 0.05) is 21.9 Å². The molecule has 0 amide bonds. The first-order valence-corrected chi connectivity index (χ1v) is 8.49. The van der Waals surface area contributed by atoms with Gasteiger partial charge in [0.1, 0.15) is 5.82 Å². The van der Waals surface area contributed by atoms with E-state index < -0.39 is 5.97 Å². The summed E-state index contributed by atoms with van der Waals surface area (Å²) >= 11 is 1.67. The van der Waals surface area contributed by atoms with Gasteiger partial charge in [0.2, 0.25) is 0 Å². The Morgan fingerprint density at radius 3 is 2.48 bits per heavy atom. The highest BCUT2D eigenvalue weighted by Crippen LogP contribution is 2.49. The van der Waals surface area contributed by atoms with E-state index in [-0.39, 0.29) is 16.4 Å². The number of carboxylic acids is 1. The van der Waals surface area contributed by atoms with Gasteiger partial charge in [-0.3, -0.25) is 0 Å². The van der Waals surface area contributed by atoms with Crippen LogP contribution in [0.3, 0.4) is 0 Å². The fourth-order valence-electron chi connectivity index (χ4n) is 2.85. The summed E-state index contributed by atoms with van der Waals surface area (Å²) in [4.78, 5) is 21.2. The summed E-state index contributed by atoms with van der Waals surface area (Å²) in [6.45, 7) is 9.01. The highest BCUT2D eigenvalue weighted by atomic mass is 32.1. The molecular formula is C17H21N3O2S. The number of nitrogens with one attached hydrogen (secondary N) is 1. The molecule has 0 fully saturated rings. The summed E-state index contributed by atoms with van der Waals surface area (Å²) in [5, 5.41) is 12.9. The van der Waals surface area contributed by atoms with Crippen LogP contribution in [0.1, 0.15) is 61.5 Å². The highest BCUT2D eigenvalue weighted by Gasteiger charge is 2.40. The molecule has 0 saturated carbocycles. The molecule has 0 atom stereocenters. The molecule has 5 nitrogen and oxygen atoms in total. The Hall–Kier alpha value is -1.95. The van der Waals surface area contributed by atoms with Crippen LogP contribution in [0, 0.1) is 0 Å². The minimum Gasteiger partial charge on any atom is -0.478 e. The second kappa shape index (κ2) is 5.30. The number of hydrogen-bond donors (Lipinski definition) is 2. The Kier molecular flexibility index (Phi) is 3.67. The Morgan fingerprint density at radius 1 is 1.22 bits per heavy atom. The molecule has 122 valence electrons. The summed E-state index contributed by atoms with van der Waals surface area (Å²) in [5.41, 5.74) is 1.57. The lowest BCUT2D eigenvalue weighted by Gasteiger charge is -2.37. The van der Waals surface area contributed by atoms with Gasteiger partial charge in [-0.25, -0.2) is 14.8 Å². The molecule has 0 bridgehead atoms. The third-order valence-corrected chi connectivity index (χ3v) is 5.84. The number of anilines is 2. The summed E-state index contributed by atoms with van der Waals surface area (Å²) < 4.78 is 0. The van der Waals surface area contributed by atoms with Gasteiger partial charge < -0.3 is 10.4 Å². The number of carbonyl (C=O) groups is 1. The van der Waals surface area contributed by atoms with Crippen LogP contribution in [-0.2, 0) is 10.8 Å². The molecule has 0 saturated heterocycles. The number of pyridine rings is 1. The van der Waals surface area contributed by atoms with E-state index in [1.165, 1.54) is 16.8 Å². The zero-order chi connectivity index (χ0) is 16.8. The Balaban J connectivity index is 1.90. The van der Waals surface area contributed by atoms with Crippen molar-refractivity contribution in [3.05, 3.63) is 34.5 Å². The molecule has 6 heteroatoms. The van der Waals surface area contributed by atoms with Crippen molar-refractivity contribution >= 4 is 28.3 Å². The number of carboxylic acid groups (broad SMARTS) is 1. The predicted molar refractivity (Wildman–Crippen MR) is 91.9 cm³/mol. The van der Waals surface area contributed by atoms with Crippen LogP contribution in [-0.4, -0.2) is 21.0 Å². The summed E-state index contributed by atoms with van der Waals surface area (Å²) in [6, 6.07) is 3.21. The molecule has 2 N–H and O–H groups in total. The van der Waals surface area contributed by atoms with Gasteiger partial charge in [-0.2, -0.15) is 0 Å². The zero-order valence-electron chi connectivity index (χ0n) is 13.8. The van der Waals surface area contributed by atoms with Crippen molar-refractivity contribution in [2.75, 3.05) is 5.32 Å². The maximum atomic E-state index is 10.9. The fraction of sp³-hybridized carbons (Fsp3) is 0.471. The number of fused-ring (bicyclic) bond motifs is 1. The minimum absolute atomic E-state index is 0.0852. The Morgan fingerprint density at radius 2 is 1.91 bits per heavy atom. The van der Waals surface area contributed by atoms with Gasteiger partial charge in [0.25, 0.3) is 0 Å². The molecular weight excluding hydrogens is 310 g/mol. The molecule has 0 aromatic carbocycles. The van der Waals surface area contributed by atoms with Crippen molar-refractivity contribution in [3.63, 3.8) is 0 Å². The molecule has 23 heavy (non-hydrogen) atoms. The van der Waals surface area contributed by atoms with Gasteiger partial charge in [0.05, 0.1) is 11.3 Å². The Labute approximate surface area is 139 Å². The number of aromatic nitrogens is 2. The molecule has 2 heterocycles. The van der Waals surface area contributed by atoms with Crippen LogP contribution in [0.25, 0.3) is 0 Å². The molecule has 1 aliphatic rings. The molecule has 2 aromatic rings. The van der Waals surface area contributed by atoms with Crippen LogP contribution in [0.5, 0.6) is 0 Å². The van der Waals surface area contributed by atoms with E-state index in [0.717, 1.165) is 18.0 Å². The second-order valence-corrected chi connectivity index (χ2v) is 8.33. The number of hydrogen-bond acceptors (Lipinski definition) is 5. The van der Waals surface area contributed by atoms with Crippen molar-refractivity contribution < 1.29 is 9.90 Å². The highest BCUT2D eigenvalue weighted by molar-refractivity contribution is 7.16. The van der Waals surface area contributed by atoms with E-state index in [2.05, 4.69) is 38.0 Å². The third-order valence-electron chi connectivity index (χ3n) is 4.50. The number of thiazole rings is 1. The average molecular weight is 331 g/mol. The molecule has 0 radical (unpaired) electrons. The van der Waals surface area contributed by atoms with E-state index >= 15 is 0 Å². The zero-order valence-corrected chi connectivity index (χ0v) is 14.6. The van der Waals surface area contributed by atoms with E-state index in [0.29, 0.717) is 5.82 Å². The standard InChI is InChI=1S/C17H21N3O2S/c1-16(2)7-8-17(3,4)13-12(16)20-15(23-13)19-11-6-5-10(9-18-11)14(21)22/h5-6,9H,7-8H2,1-4H3,(H,21,22)(H,18,19,20). The summed E-state index contributed by atoms with van der Waals surface area (Å²) in [6.07, 6.45) is 3.63. The first kappa shape index (κ1) is 15.9. The second-order valence-electron chi connectivity index (χ2n) is 7.33. The number of rotatable bonds is 3. The van der Waals surface area contributed by atoms with Crippen LogP contribution in [0.2, 0.25) is 0 Å². The molecule has 0 spiro atoms. The van der Waals surface area contributed by atoms with Crippen molar-refractivity contribution in [1.82, 2.24) is 9.97 Å². The lowest BCUT2D eigenvalue weighted by molar-refractivity contribution is 0.0696.